The second-order valence-corrected chi connectivity index (χ2v) is 8.55. The molecule has 0 spiro atoms. The van der Waals surface area contributed by atoms with E-state index < -0.39 is 10.1 Å². The van der Waals surface area contributed by atoms with Crippen LogP contribution in [-0.4, -0.2) is 18.1 Å². The number of hydrogen-bond acceptors (Lipinski definition) is 3. The predicted molar refractivity (Wildman–Crippen MR) is 110 cm³/mol. The molecule has 146 valence electrons. The van der Waals surface area contributed by atoms with Crippen molar-refractivity contribution in [2.24, 2.45) is 0 Å². The maximum Gasteiger partial charge on any atom is 0.294 e. The highest BCUT2D eigenvalue weighted by atomic mass is 32.2. The first-order valence-electron chi connectivity index (χ1n) is 9.18. The molecule has 2 atom stereocenters. The quantitative estimate of drug-likeness (QED) is 0.557. The Hall–Kier alpha value is -2.63. The third-order valence-corrected chi connectivity index (χ3v) is 6.13. The zero-order chi connectivity index (χ0) is 20.3. The molecule has 0 saturated heterocycles. The number of phenolic OH excluding ortho intramolecular Hbond substituents is 1. The monoisotopic (exact) mass is 396 g/mol. The summed E-state index contributed by atoms with van der Waals surface area (Å²) in [4.78, 5) is -0.173. The minimum absolute atomic E-state index is 0.0269. The molecular formula is C23H24O4S. The molecule has 0 bridgehead atoms. The Kier molecular flexibility index (Phi) is 5.87. The van der Waals surface area contributed by atoms with E-state index in [1.165, 1.54) is 17.7 Å². The standard InChI is InChI=1S/C23H24O4S/c1-16(18-9-5-3-6-10-18)13-20(19-11-7-4-8-12-19)21-15-23(28(25,26)27)17(2)14-22(21)24/h3-12,14-16,20,24H,13H2,1-2H3,(H,25,26,27). The average molecular weight is 397 g/mol. The highest BCUT2D eigenvalue weighted by molar-refractivity contribution is 7.85. The summed E-state index contributed by atoms with van der Waals surface area (Å²) in [5.74, 6) is -0.0159. The average Bonchev–Trinajstić information content (AvgIpc) is 2.67. The number of hydrogen-bond donors (Lipinski definition) is 2. The number of phenols is 1. The molecule has 2 unspecified atom stereocenters. The van der Waals surface area contributed by atoms with E-state index in [1.54, 1.807) is 6.92 Å². The van der Waals surface area contributed by atoms with E-state index in [0.717, 1.165) is 5.56 Å². The van der Waals surface area contributed by atoms with Crippen molar-refractivity contribution in [1.29, 1.82) is 0 Å². The fraction of sp³-hybridized carbons (Fsp3) is 0.217. The lowest BCUT2D eigenvalue weighted by atomic mass is 9.81. The second-order valence-electron chi connectivity index (χ2n) is 7.16. The van der Waals surface area contributed by atoms with E-state index in [4.69, 9.17) is 0 Å². The molecule has 0 radical (unpaired) electrons. The first kappa shape index (κ1) is 20.1. The molecule has 0 amide bonds. The van der Waals surface area contributed by atoms with E-state index >= 15 is 0 Å². The lowest BCUT2D eigenvalue weighted by Crippen LogP contribution is -2.09. The predicted octanol–water partition coefficient (Wildman–Crippen LogP) is 5.27. The third kappa shape index (κ3) is 4.43. The van der Waals surface area contributed by atoms with Gasteiger partial charge in [-0.05, 0) is 48.1 Å². The van der Waals surface area contributed by atoms with Gasteiger partial charge in [0.25, 0.3) is 10.1 Å². The van der Waals surface area contributed by atoms with Gasteiger partial charge in [-0.25, -0.2) is 0 Å². The fourth-order valence-corrected chi connectivity index (χ4v) is 4.39. The van der Waals surface area contributed by atoms with Gasteiger partial charge >= 0.3 is 0 Å². The van der Waals surface area contributed by atoms with Gasteiger partial charge in [0.05, 0.1) is 4.90 Å². The van der Waals surface area contributed by atoms with Gasteiger partial charge in [-0.3, -0.25) is 4.55 Å². The van der Waals surface area contributed by atoms with Crippen LogP contribution in [0, 0.1) is 6.92 Å². The van der Waals surface area contributed by atoms with Crippen LogP contribution >= 0.6 is 0 Å². The molecule has 4 nitrogen and oxygen atoms in total. The SMILES string of the molecule is Cc1cc(O)c(C(CC(C)c2ccccc2)c2ccccc2)cc1S(=O)(=O)O. The van der Waals surface area contributed by atoms with Gasteiger partial charge in [-0.15, -0.1) is 0 Å². The Labute approximate surface area is 166 Å². The zero-order valence-electron chi connectivity index (χ0n) is 15.9. The van der Waals surface area contributed by atoms with Crippen molar-refractivity contribution in [2.45, 2.75) is 37.0 Å². The summed E-state index contributed by atoms with van der Waals surface area (Å²) in [5, 5.41) is 10.6. The topological polar surface area (TPSA) is 74.6 Å². The number of aromatic hydroxyl groups is 1. The summed E-state index contributed by atoms with van der Waals surface area (Å²) < 4.78 is 33.2. The van der Waals surface area contributed by atoms with Gasteiger partial charge in [0.2, 0.25) is 0 Å². The molecule has 0 aliphatic carbocycles. The maximum atomic E-state index is 11.8. The lowest BCUT2D eigenvalue weighted by molar-refractivity contribution is 0.457. The van der Waals surface area contributed by atoms with E-state index in [9.17, 15) is 18.1 Å². The number of rotatable bonds is 6. The van der Waals surface area contributed by atoms with Gasteiger partial charge in [0, 0.05) is 11.5 Å². The molecule has 0 aromatic heterocycles. The van der Waals surface area contributed by atoms with E-state index in [1.807, 2.05) is 48.5 Å². The van der Waals surface area contributed by atoms with Crippen LogP contribution in [0.1, 0.15) is 47.4 Å². The van der Waals surface area contributed by atoms with Crippen molar-refractivity contribution in [3.63, 3.8) is 0 Å². The first-order valence-corrected chi connectivity index (χ1v) is 10.6. The molecule has 3 rings (SSSR count). The Bertz CT molecular complexity index is 1040. The molecule has 3 aromatic carbocycles. The second kappa shape index (κ2) is 8.17. The molecule has 0 heterocycles. The number of benzene rings is 3. The van der Waals surface area contributed by atoms with Crippen LogP contribution in [-0.2, 0) is 10.1 Å². The summed E-state index contributed by atoms with van der Waals surface area (Å²) in [6, 6.07) is 22.6. The molecule has 5 heteroatoms. The molecular weight excluding hydrogens is 372 g/mol. The fourth-order valence-electron chi connectivity index (χ4n) is 3.64. The van der Waals surface area contributed by atoms with Crippen molar-refractivity contribution in [3.8, 4) is 5.75 Å². The van der Waals surface area contributed by atoms with Crippen molar-refractivity contribution in [1.82, 2.24) is 0 Å². The van der Waals surface area contributed by atoms with Crippen molar-refractivity contribution in [3.05, 3.63) is 95.1 Å². The van der Waals surface area contributed by atoms with Crippen molar-refractivity contribution >= 4 is 10.1 Å². The minimum Gasteiger partial charge on any atom is -0.508 e. The Balaban J connectivity index is 2.10. The van der Waals surface area contributed by atoms with E-state index in [-0.39, 0.29) is 22.5 Å². The summed E-state index contributed by atoms with van der Waals surface area (Å²) >= 11 is 0. The Morgan fingerprint density at radius 2 is 1.43 bits per heavy atom. The normalized spacial score (nSPS) is 13.8. The summed E-state index contributed by atoms with van der Waals surface area (Å²) in [5.41, 5.74) is 2.95. The van der Waals surface area contributed by atoms with Crippen LogP contribution in [0.3, 0.4) is 0 Å². The van der Waals surface area contributed by atoms with Crippen LogP contribution in [0.4, 0.5) is 0 Å². The molecule has 2 N–H and O–H groups in total. The van der Waals surface area contributed by atoms with E-state index in [0.29, 0.717) is 17.5 Å². The molecule has 3 aromatic rings. The smallest absolute Gasteiger partial charge is 0.294 e. The summed E-state index contributed by atoms with van der Waals surface area (Å²) in [6.45, 7) is 3.66. The van der Waals surface area contributed by atoms with Crippen LogP contribution in [0.15, 0.2) is 77.7 Å². The van der Waals surface area contributed by atoms with Crippen molar-refractivity contribution in [2.75, 3.05) is 0 Å². The van der Waals surface area contributed by atoms with Gasteiger partial charge in [-0.1, -0.05) is 67.6 Å². The largest absolute Gasteiger partial charge is 0.508 e. The first-order chi connectivity index (χ1) is 13.3. The van der Waals surface area contributed by atoms with Crippen LogP contribution in [0.25, 0.3) is 0 Å². The molecule has 0 aliphatic rings. The van der Waals surface area contributed by atoms with Crippen LogP contribution < -0.4 is 0 Å². The van der Waals surface area contributed by atoms with Crippen molar-refractivity contribution < 1.29 is 18.1 Å². The van der Waals surface area contributed by atoms with Gasteiger partial charge in [0.1, 0.15) is 5.75 Å². The summed E-state index contributed by atoms with van der Waals surface area (Å²) in [7, 11) is -4.38. The minimum atomic E-state index is -4.38. The molecule has 28 heavy (non-hydrogen) atoms. The summed E-state index contributed by atoms with van der Waals surface area (Å²) in [6.07, 6.45) is 0.676. The highest BCUT2D eigenvalue weighted by Crippen LogP contribution is 2.40. The molecule has 0 fully saturated rings. The highest BCUT2D eigenvalue weighted by Gasteiger charge is 2.25. The number of aryl methyl sites for hydroxylation is 1. The van der Waals surface area contributed by atoms with E-state index in [2.05, 4.69) is 19.1 Å². The molecule has 0 saturated carbocycles. The Morgan fingerprint density at radius 3 is 1.96 bits per heavy atom. The maximum absolute atomic E-state index is 11.8. The third-order valence-electron chi connectivity index (χ3n) is 5.14. The Morgan fingerprint density at radius 1 is 0.893 bits per heavy atom. The van der Waals surface area contributed by atoms with Crippen LogP contribution in [0.2, 0.25) is 0 Å². The van der Waals surface area contributed by atoms with Gasteiger partial charge in [-0.2, -0.15) is 8.42 Å². The molecule has 0 aliphatic heterocycles. The lowest BCUT2D eigenvalue weighted by Gasteiger charge is -2.24. The van der Waals surface area contributed by atoms with Gasteiger partial charge in [0.15, 0.2) is 0 Å². The van der Waals surface area contributed by atoms with Gasteiger partial charge < -0.3 is 5.11 Å². The zero-order valence-corrected chi connectivity index (χ0v) is 16.7. The van der Waals surface area contributed by atoms with Crippen LogP contribution in [0.5, 0.6) is 5.75 Å².